The van der Waals surface area contributed by atoms with Gasteiger partial charge < -0.3 is 0 Å². The molecule has 0 bridgehead atoms. The van der Waals surface area contributed by atoms with E-state index in [0.29, 0.717) is 0 Å². The zero-order valence-electron chi connectivity index (χ0n) is 7.19. The lowest BCUT2D eigenvalue weighted by Gasteiger charge is -1.95. The third-order valence-corrected chi connectivity index (χ3v) is 1.44. The number of hydrogen-bond acceptors (Lipinski definition) is 0. The van der Waals surface area contributed by atoms with Crippen molar-refractivity contribution in [3.63, 3.8) is 0 Å². The van der Waals surface area contributed by atoms with Crippen molar-refractivity contribution in [2.24, 2.45) is 0 Å². The lowest BCUT2D eigenvalue weighted by atomic mass is 10.1. The standard InChI is InChI=1S/C10H18/c1-4-6-8-10(3)9-7-5-2/h6,8H,3-5,7,9H2,1-2H3/b8-6+. The normalized spacial score (nSPS) is 10.6. The van der Waals surface area contributed by atoms with Crippen LogP contribution in [0.3, 0.4) is 0 Å². The minimum atomic E-state index is 1.12. The van der Waals surface area contributed by atoms with E-state index < -0.39 is 0 Å². The maximum Gasteiger partial charge on any atom is -0.0285 e. The maximum atomic E-state index is 3.94. The molecule has 0 rings (SSSR count). The Hall–Kier alpha value is -0.520. The Morgan fingerprint density at radius 2 is 2.10 bits per heavy atom. The first-order valence-corrected chi connectivity index (χ1v) is 4.15. The summed E-state index contributed by atoms with van der Waals surface area (Å²) < 4.78 is 0. The van der Waals surface area contributed by atoms with Crippen molar-refractivity contribution in [3.05, 3.63) is 24.3 Å². The van der Waals surface area contributed by atoms with E-state index in [4.69, 9.17) is 0 Å². The van der Waals surface area contributed by atoms with Gasteiger partial charge in [0.2, 0.25) is 0 Å². The van der Waals surface area contributed by atoms with Crippen molar-refractivity contribution >= 4 is 0 Å². The summed E-state index contributed by atoms with van der Waals surface area (Å²) in [5.41, 5.74) is 1.27. The molecule has 0 aromatic heterocycles. The molecule has 0 aliphatic heterocycles. The van der Waals surface area contributed by atoms with E-state index in [0.717, 1.165) is 12.8 Å². The highest BCUT2D eigenvalue weighted by Gasteiger charge is 1.85. The summed E-state index contributed by atoms with van der Waals surface area (Å²) in [5.74, 6) is 0. The second kappa shape index (κ2) is 6.60. The Labute approximate surface area is 64.6 Å². The fourth-order valence-electron chi connectivity index (χ4n) is 0.772. The van der Waals surface area contributed by atoms with E-state index in [9.17, 15) is 0 Å². The average molecular weight is 138 g/mol. The highest BCUT2D eigenvalue weighted by atomic mass is 13.9. The molecule has 0 saturated heterocycles. The molecule has 0 aromatic rings. The summed E-state index contributed by atoms with van der Waals surface area (Å²) >= 11 is 0. The van der Waals surface area contributed by atoms with Crippen LogP contribution in [0.2, 0.25) is 0 Å². The largest absolute Gasteiger partial charge is 0.0958 e. The third kappa shape index (κ3) is 5.61. The first-order chi connectivity index (χ1) is 4.81. The van der Waals surface area contributed by atoms with Crippen molar-refractivity contribution < 1.29 is 0 Å². The van der Waals surface area contributed by atoms with Crippen molar-refractivity contribution in [1.29, 1.82) is 0 Å². The van der Waals surface area contributed by atoms with Crippen LogP contribution in [0.5, 0.6) is 0 Å². The lowest BCUT2D eigenvalue weighted by molar-refractivity contribution is 0.799. The van der Waals surface area contributed by atoms with Crippen LogP contribution in [0.1, 0.15) is 39.5 Å². The Morgan fingerprint density at radius 1 is 1.40 bits per heavy atom. The molecule has 0 nitrogen and oxygen atoms in total. The minimum absolute atomic E-state index is 1.12. The molecule has 0 aromatic carbocycles. The highest BCUT2D eigenvalue weighted by Crippen LogP contribution is 2.05. The molecule has 58 valence electrons. The Kier molecular flexibility index (Phi) is 6.25. The van der Waals surface area contributed by atoms with E-state index in [1.54, 1.807) is 0 Å². The van der Waals surface area contributed by atoms with Gasteiger partial charge in [0.25, 0.3) is 0 Å². The molecular weight excluding hydrogens is 120 g/mol. The van der Waals surface area contributed by atoms with E-state index in [1.165, 1.54) is 18.4 Å². The van der Waals surface area contributed by atoms with Gasteiger partial charge in [-0.3, -0.25) is 0 Å². The molecule has 0 fully saturated rings. The number of rotatable bonds is 5. The topological polar surface area (TPSA) is 0 Å². The van der Waals surface area contributed by atoms with E-state index in [1.807, 2.05) is 0 Å². The van der Waals surface area contributed by atoms with Gasteiger partial charge in [0.05, 0.1) is 0 Å². The van der Waals surface area contributed by atoms with Gasteiger partial charge >= 0.3 is 0 Å². The molecule has 0 amide bonds. The second-order valence-corrected chi connectivity index (χ2v) is 2.57. The first kappa shape index (κ1) is 9.48. The second-order valence-electron chi connectivity index (χ2n) is 2.57. The number of unbranched alkanes of at least 4 members (excludes halogenated alkanes) is 1. The van der Waals surface area contributed by atoms with Crippen molar-refractivity contribution in [2.45, 2.75) is 39.5 Å². The van der Waals surface area contributed by atoms with Gasteiger partial charge in [-0.05, 0) is 19.3 Å². The SMILES string of the molecule is C=C(/C=C/CC)CCCC. The molecule has 0 atom stereocenters. The average Bonchev–Trinajstić information content (AvgIpc) is 1.97. The molecule has 10 heavy (non-hydrogen) atoms. The summed E-state index contributed by atoms with van der Waals surface area (Å²) in [5, 5.41) is 0. The summed E-state index contributed by atoms with van der Waals surface area (Å²) in [7, 11) is 0. The zero-order chi connectivity index (χ0) is 7.82. The quantitative estimate of drug-likeness (QED) is 0.508. The van der Waals surface area contributed by atoms with Gasteiger partial charge in [0, 0.05) is 0 Å². The zero-order valence-corrected chi connectivity index (χ0v) is 7.19. The van der Waals surface area contributed by atoms with Crippen molar-refractivity contribution in [2.75, 3.05) is 0 Å². The highest BCUT2D eigenvalue weighted by molar-refractivity contribution is 5.13. The van der Waals surface area contributed by atoms with Gasteiger partial charge in [-0.1, -0.05) is 44.6 Å². The first-order valence-electron chi connectivity index (χ1n) is 4.15. The van der Waals surface area contributed by atoms with Crippen LogP contribution in [0.15, 0.2) is 24.3 Å². The van der Waals surface area contributed by atoms with E-state index in [2.05, 4.69) is 32.6 Å². The van der Waals surface area contributed by atoms with Crippen LogP contribution < -0.4 is 0 Å². The van der Waals surface area contributed by atoms with Crippen LogP contribution in [0.25, 0.3) is 0 Å². The van der Waals surface area contributed by atoms with E-state index in [-0.39, 0.29) is 0 Å². The number of hydrogen-bond donors (Lipinski definition) is 0. The van der Waals surface area contributed by atoms with Gasteiger partial charge in [0.15, 0.2) is 0 Å². The van der Waals surface area contributed by atoms with Gasteiger partial charge in [-0.15, -0.1) is 0 Å². The molecule has 0 heteroatoms. The van der Waals surface area contributed by atoms with Gasteiger partial charge in [-0.25, -0.2) is 0 Å². The fraction of sp³-hybridized carbons (Fsp3) is 0.600. The minimum Gasteiger partial charge on any atom is -0.0958 e. The molecule has 0 radical (unpaired) electrons. The van der Waals surface area contributed by atoms with Crippen LogP contribution in [-0.4, -0.2) is 0 Å². The van der Waals surface area contributed by atoms with Gasteiger partial charge in [0.1, 0.15) is 0 Å². The molecule has 0 heterocycles. The summed E-state index contributed by atoms with van der Waals surface area (Å²) in [6, 6.07) is 0. The third-order valence-electron chi connectivity index (χ3n) is 1.44. The van der Waals surface area contributed by atoms with Gasteiger partial charge in [-0.2, -0.15) is 0 Å². The maximum absolute atomic E-state index is 3.94. The summed E-state index contributed by atoms with van der Waals surface area (Å²) in [6.45, 7) is 8.29. The fourth-order valence-corrected chi connectivity index (χ4v) is 0.772. The van der Waals surface area contributed by atoms with E-state index >= 15 is 0 Å². The summed E-state index contributed by atoms with van der Waals surface area (Å²) in [6.07, 6.45) is 9.11. The predicted octanol–water partition coefficient (Wildman–Crippen LogP) is 3.70. The monoisotopic (exact) mass is 138 g/mol. The Bertz CT molecular complexity index is 109. The lowest BCUT2D eigenvalue weighted by Crippen LogP contribution is -1.75. The molecule has 0 saturated carbocycles. The molecule has 0 aliphatic rings. The number of allylic oxidation sites excluding steroid dienone is 3. The van der Waals surface area contributed by atoms with Crippen LogP contribution in [-0.2, 0) is 0 Å². The molecule has 0 spiro atoms. The van der Waals surface area contributed by atoms with Crippen molar-refractivity contribution in [1.82, 2.24) is 0 Å². The predicted molar refractivity (Wildman–Crippen MR) is 48.1 cm³/mol. The van der Waals surface area contributed by atoms with Crippen LogP contribution >= 0.6 is 0 Å². The molecule has 0 aliphatic carbocycles. The Morgan fingerprint density at radius 3 is 2.60 bits per heavy atom. The smallest absolute Gasteiger partial charge is 0.0285 e. The molecular formula is C10H18. The molecule has 0 unspecified atom stereocenters. The van der Waals surface area contributed by atoms with Crippen LogP contribution in [0, 0.1) is 0 Å². The van der Waals surface area contributed by atoms with Crippen molar-refractivity contribution in [3.8, 4) is 0 Å². The summed E-state index contributed by atoms with van der Waals surface area (Å²) in [4.78, 5) is 0. The Balaban J connectivity index is 3.34. The molecule has 0 N–H and O–H groups in total. The van der Waals surface area contributed by atoms with Crippen LogP contribution in [0.4, 0.5) is 0 Å².